The minimum absolute atomic E-state index is 0.194. The predicted octanol–water partition coefficient (Wildman–Crippen LogP) is 8.74. The summed E-state index contributed by atoms with van der Waals surface area (Å²) in [6.45, 7) is 33.7. The Morgan fingerprint density at radius 3 is 0.750 bits per heavy atom. The van der Waals surface area contributed by atoms with Crippen LogP contribution in [0.3, 0.4) is 0 Å². The van der Waals surface area contributed by atoms with Crippen molar-refractivity contribution in [2.75, 3.05) is 27.5 Å². The minimum Gasteiger partial charge on any atom is -0.399 e. The summed E-state index contributed by atoms with van der Waals surface area (Å²) in [5.41, 5.74) is 4.50. The molecular formula is C32H68N4O3S. The van der Waals surface area contributed by atoms with Crippen molar-refractivity contribution in [3.8, 4) is 0 Å². The Morgan fingerprint density at radius 2 is 0.700 bits per heavy atom. The molecule has 240 valence electrons. The number of nitrogens with zero attached hydrogens (tertiary/aromatic N) is 4. The highest BCUT2D eigenvalue weighted by atomic mass is 32.2. The molecule has 0 aromatic carbocycles. The Bertz CT molecular complexity index is 795. The molecule has 0 bridgehead atoms. The first-order valence-electron chi connectivity index (χ1n) is 14.9. The lowest BCUT2D eigenvalue weighted by atomic mass is 9.98. The third-order valence-corrected chi connectivity index (χ3v) is 6.26. The smallest absolute Gasteiger partial charge is 0.250 e. The van der Waals surface area contributed by atoms with Gasteiger partial charge >= 0.3 is 0 Å². The van der Waals surface area contributed by atoms with E-state index in [1.54, 1.807) is 7.11 Å². The molecule has 7 nitrogen and oxygen atoms in total. The first kappa shape index (κ1) is 45.4. The van der Waals surface area contributed by atoms with Crippen LogP contribution in [0.1, 0.15) is 111 Å². The Hall–Kier alpha value is -1.57. The van der Waals surface area contributed by atoms with Gasteiger partial charge in [0.15, 0.2) is 0 Å². The molecule has 0 fully saturated rings. The van der Waals surface area contributed by atoms with E-state index in [0.717, 1.165) is 17.7 Å². The normalized spacial score (nSPS) is 11.0. The molecule has 0 amide bonds. The van der Waals surface area contributed by atoms with Gasteiger partial charge in [0.1, 0.15) is 7.11 Å². The quantitative estimate of drug-likeness (QED) is 0.189. The van der Waals surface area contributed by atoms with Crippen LogP contribution in [-0.2, 0) is 14.9 Å². The van der Waals surface area contributed by atoms with Crippen molar-refractivity contribution >= 4 is 32.9 Å². The van der Waals surface area contributed by atoms with Gasteiger partial charge < -0.3 is 4.84 Å². The summed E-state index contributed by atoms with van der Waals surface area (Å²) in [7, 11) is 2.10. The number of oxime groups is 1. The highest BCUT2D eigenvalue weighted by Gasteiger charge is 2.13. The van der Waals surface area contributed by atoms with Crippen molar-refractivity contribution in [2.45, 2.75) is 111 Å². The third-order valence-electron chi connectivity index (χ3n) is 5.72. The second-order valence-electron chi connectivity index (χ2n) is 12.5. The Kier molecular flexibility index (Phi) is 27.3. The van der Waals surface area contributed by atoms with Gasteiger partial charge in [0.2, 0.25) is 10.0 Å². The van der Waals surface area contributed by atoms with E-state index in [2.05, 4.69) is 103 Å². The summed E-state index contributed by atoms with van der Waals surface area (Å²) in [6.07, 6.45) is 1.12. The van der Waals surface area contributed by atoms with E-state index in [1.807, 2.05) is 41.8 Å². The lowest BCUT2D eigenvalue weighted by Gasteiger charge is -2.12. The van der Waals surface area contributed by atoms with Gasteiger partial charge in [-0.25, -0.2) is 8.42 Å². The first-order valence-corrected chi connectivity index (χ1v) is 16.7. The fourth-order valence-corrected chi connectivity index (χ4v) is 5.22. The lowest BCUT2D eigenvalue weighted by Crippen LogP contribution is -2.16. The molecular weight excluding hydrogens is 520 g/mol. The fourth-order valence-electron chi connectivity index (χ4n) is 4.42. The topological polar surface area (TPSA) is 92.8 Å². The molecule has 0 N–H and O–H groups in total. The lowest BCUT2D eigenvalue weighted by molar-refractivity contribution is 0.209. The molecule has 0 heterocycles. The summed E-state index contributed by atoms with van der Waals surface area (Å²) in [6, 6.07) is 0. The second kappa shape index (κ2) is 24.1. The maximum absolute atomic E-state index is 10.9. The number of aliphatic imine (C=N–C) groups is 2. The predicted molar refractivity (Wildman–Crippen MR) is 182 cm³/mol. The molecule has 0 aromatic rings. The summed E-state index contributed by atoms with van der Waals surface area (Å²) in [5, 5.41) is 3.94. The van der Waals surface area contributed by atoms with Gasteiger partial charge in [-0.15, -0.1) is 0 Å². The zero-order chi connectivity index (χ0) is 33.0. The first-order chi connectivity index (χ1) is 18.0. The maximum Gasteiger partial charge on any atom is 0.250 e. The minimum atomic E-state index is -3.23. The number of rotatable bonds is 10. The van der Waals surface area contributed by atoms with Gasteiger partial charge in [-0.05, 0) is 47.3 Å². The second-order valence-corrected chi connectivity index (χ2v) is 14.1. The molecule has 0 aromatic heterocycles. The van der Waals surface area contributed by atoms with Gasteiger partial charge in [-0.3, -0.25) is 9.98 Å². The van der Waals surface area contributed by atoms with Crippen LogP contribution in [0.2, 0.25) is 0 Å². The van der Waals surface area contributed by atoms with Crippen LogP contribution in [0.4, 0.5) is 0 Å². The summed E-state index contributed by atoms with van der Waals surface area (Å²) >= 11 is 0. The van der Waals surface area contributed by atoms with Crippen molar-refractivity contribution in [2.24, 2.45) is 66.9 Å². The van der Waals surface area contributed by atoms with Crippen molar-refractivity contribution < 1.29 is 13.3 Å². The third kappa shape index (κ3) is 25.4. The van der Waals surface area contributed by atoms with E-state index in [0.29, 0.717) is 35.5 Å². The molecule has 0 atom stereocenters. The van der Waals surface area contributed by atoms with Crippen LogP contribution >= 0.6 is 0 Å². The largest absolute Gasteiger partial charge is 0.399 e. The van der Waals surface area contributed by atoms with Crippen LogP contribution in [0.25, 0.3) is 0 Å². The Morgan fingerprint density at radius 1 is 0.475 bits per heavy atom. The number of hydrogen-bond acceptors (Lipinski definition) is 6. The molecule has 0 aliphatic carbocycles. The maximum atomic E-state index is 10.9. The van der Waals surface area contributed by atoms with Crippen LogP contribution in [-0.4, -0.2) is 58.7 Å². The number of sulfonamides is 1. The van der Waals surface area contributed by atoms with Crippen molar-refractivity contribution in [1.82, 2.24) is 0 Å². The Labute approximate surface area is 250 Å². The molecule has 0 aliphatic heterocycles. The van der Waals surface area contributed by atoms with Crippen LogP contribution in [0.15, 0.2) is 19.5 Å². The van der Waals surface area contributed by atoms with Gasteiger partial charge in [-0.1, -0.05) is 116 Å². The molecule has 0 rings (SSSR count). The average Bonchev–Trinajstić information content (AvgIpc) is 2.75. The van der Waals surface area contributed by atoms with E-state index in [4.69, 9.17) is 4.84 Å². The van der Waals surface area contributed by atoms with E-state index in [-0.39, 0.29) is 11.8 Å². The van der Waals surface area contributed by atoms with Crippen molar-refractivity contribution in [1.29, 1.82) is 0 Å². The van der Waals surface area contributed by atoms with Gasteiger partial charge in [-0.2, -0.15) is 4.40 Å². The zero-order valence-electron chi connectivity index (χ0n) is 30.0. The summed E-state index contributed by atoms with van der Waals surface area (Å²) in [4.78, 5) is 13.1. The average molecular weight is 589 g/mol. The SMILES string of the molecule is CC(C)C(=NS(C)(=O)=O)C(C)C.CN=C(C(C)C)C(C)C.CN=C(C(C)C)C(C)C.CON=C(C(C)C)C(C)C. The van der Waals surface area contributed by atoms with E-state index in [9.17, 15) is 8.42 Å². The highest BCUT2D eigenvalue weighted by molar-refractivity contribution is 7.89. The zero-order valence-corrected chi connectivity index (χ0v) is 30.9. The van der Waals surface area contributed by atoms with Crippen LogP contribution in [0, 0.1) is 47.3 Å². The number of hydrogen-bond donors (Lipinski definition) is 0. The molecule has 0 radical (unpaired) electrons. The summed E-state index contributed by atoms with van der Waals surface area (Å²) in [5.74, 6) is 3.79. The van der Waals surface area contributed by atoms with Gasteiger partial charge in [0, 0.05) is 31.2 Å². The summed E-state index contributed by atoms with van der Waals surface area (Å²) < 4.78 is 25.4. The molecule has 0 unspecified atom stereocenters. The van der Waals surface area contributed by atoms with Crippen LogP contribution < -0.4 is 0 Å². The molecule has 0 aliphatic rings. The highest BCUT2D eigenvalue weighted by Crippen LogP contribution is 2.10. The fraction of sp³-hybridized carbons (Fsp3) is 0.875. The molecule has 40 heavy (non-hydrogen) atoms. The van der Waals surface area contributed by atoms with Crippen molar-refractivity contribution in [3.63, 3.8) is 0 Å². The molecule has 0 saturated heterocycles. The van der Waals surface area contributed by atoms with Gasteiger partial charge in [0.25, 0.3) is 0 Å². The van der Waals surface area contributed by atoms with Gasteiger partial charge in [0.05, 0.1) is 12.0 Å². The monoisotopic (exact) mass is 589 g/mol. The van der Waals surface area contributed by atoms with E-state index < -0.39 is 10.0 Å². The Balaban J connectivity index is -0.000000218. The van der Waals surface area contributed by atoms with E-state index in [1.165, 1.54) is 11.4 Å². The van der Waals surface area contributed by atoms with Crippen LogP contribution in [0.5, 0.6) is 0 Å². The standard InChI is InChI=1S/C8H17NO2S.C8H17NO.2C8H17N/c1-6(2)8(7(3)4)9-12(5,10)11;1-6(2)8(7(3)4)9-10-5;2*1-6(2)8(9-5)7(3)4/h6-7H,1-5H3;6-7H,1-5H3;2*6-7H,1-5H3. The molecule has 0 saturated carbocycles. The molecule has 0 spiro atoms. The van der Waals surface area contributed by atoms with Crippen molar-refractivity contribution in [3.05, 3.63) is 0 Å². The molecule has 8 heteroatoms. The van der Waals surface area contributed by atoms with E-state index >= 15 is 0 Å².